The number of ether oxygens (including phenoxy) is 1. The number of methoxy groups -OCH3 is 1. The number of guanidine groups is 1. The van der Waals surface area contributed by atoms with Crippen molar-refractivity contribution in [3.8, 4) is 0 Å². The maximum Gasteiger partial charge on any atom is 0.241 e. The maximum absolute atomic E-state index is 11.7. The standard InChI is InChI=1S/C14H28N4O2S/c1-4-12-11-18(7-9-21-12)14(15-5-2)17-10-13(19)16-6-8-20-3/h12H,4-11H2,1-3H3,(H,15,17)(H,16,19). The van der Waals surface area contributed by atoms with Gasteiger partial charge in [-0.25, -0.2) is 4.99 Å². The van der Waals surface area contributed by atoms with E-state index in [1.165, 1.54) is 0 Å². The van der Waals surface area contributed by atoms with Gasteiger partial charge in [0, 0.05) is 44.3 Å². The molecule has 21 heavy (non-hydrogen) atoms. The first-order valence-corrected chi connectivity index (χ1v) is 8.66. The number of hydrogen-bond donors (Lipinski definition) is 2. The summed E-state index contributed by atoms with van der Waals surface area (Å²) in [6.45, 7) is 8.27. The van der Waals surface area contributed by atoms with Gasteiger partial charge in [0.05, 0.1) is 6.61 Å². The molecule has 0 radical (unpaired) electrons. The third-order valence-corrected chi connectivity index (χ3v) is 4.60. The van der Waals surface area contributed by atoms with Crippen molar-refractivity contribution < 1.29 is 9.53 Å². The number of aliphatic imine (C=N–C) groups is 1. The molecule has 1 aliphatic rings. The van der Waals surface area contributed by atoms with Crippen LogP contribution in [0.5, 0.6) is 0 Å². The summed E-state index contributed by atoms with van der Waals surface area (Å²) in [5, 5.41) is 6.72. The van der Waals surface area contributed by atoms with Gasteiger partial charge >= 0.3 is 0 Å². The van der Waals surface area contributed by atoms with Crippen LogP contribution in [0.2, 0.25) is 0 Å². The minimum Gasteiger partial charge on any atom is -0.383 e. The molecule has 0 aromatic heterocycles. The van der Waals surface area contributed by atoms with Crippen LogP contribution < -0.4 is 10.6 Å². The van der Waals surface area contributed by atoms with E-state index in [0.717, 1.165) is 37.8 Å². The number of thioether (sulfide) groups is 1. The molecule has 1 saturated heterocycles. The van der Waals surface area contributed by atoms with Crippen molar-refractivity contribution in [1.82, 2.24) is 15.5 Å². The predicted molar refractivity (Wildman–Crippen MR) is 89.0 cm³/mol. The van der Waals surface area contributed by atoms with Gasteiger partial charge < -0.3 is 20.3 Å². The van der Waals surface area contributed by atoms with Crippen molar-refractivity contribution in [2.24, 2.45) is 4.99 Å². The van der Waals surface area contributed by atoms with Crippen LogP contribution in [-0.2, 0) is 9.53 Å². The van der Waals surface area contributed by atoms with Crippen molar-refractivity contribution in [2.75, 3.05) is 52.2 Å². The Morgan fingerprint density at radius 1 is 1.43 bits per heavy atom. The van der Waals surface area contributed by atoms with Crippen molar-refractivity contribution in [2.45, 2.75) is 25.5 Å². The number of hydrogen-bond acceptors (Lipinski definition) is 4. The molecule has 0 bridgehead atoms. The number of nitrogens with zero attached hydrogens (tertiary/aromatic N) is 2. The summed E-state index contributed by atoms with van der Waals surface area (Å²) in [6.07, 6.45) is 1.16. The van der Waals surface area contributed by atoms with Gasteiger partial charge in [-0.15, -0.1) is 0 Å². The average Bonchev–Trinajstić information content (AvgIpc) is 2.51. The highest BCUT2D eigenvalue weighted by Gasteiger charge is 2.21. The Labute approximate surface area is 132 Å². The Balaban J connectivity index is 2.50. The molecule has 7 heteroatoms. The summed E-state index contributed by atoms with van der Waals surface area (Å²) >= 11 is 2.02. The molecule has 1 amide bonds. The van der Waals surface area contributed by atoms with Crippen molar-refractivity contribution in [1.29, 1.82) is 0 Å². The molecule has 0 aliphatic carbocycles. The summed E-state index contributed by atoms with van der Waals surface area (Å²) in [5.74, 6) is 1.89. The molecule has 0 aromatic carbocycles. The molecule has 122 valence electrons. The van der Waals surface area contributed by atoms with E-state index in [4.69, 9.17) is 4.74 Å². The molecular weight excluding hydrogens is 288 g/mol. The number of carbonyl (C=O) groups is 1. The van der Waals surface area contributed by atoms with E-state index < -0.39 is 0 Å². The third-order valence-electron chi connectivity index (χ3n) is 3.23. The van der Waals surface area contributed by atoms with Crippen LogP contribution in [0.25, 0.3) is 0 Å². The molecule has 1 unspecified atom stereocenters. The number of carbonyl (C=O) groups excluding carboxylic acids is 1. The van der Waals surface area contributed by atoms with Gasteiger partial charge in [-0.3, -0.25) is 4.79 Å². The van der Waals surface area contributed by atoms with Crippen molar-refractivity contribution in [3.63, 3.8) is 0 Å². The number of nitrogens with one attached hydrogen (secondary N) is 2. The third kappa shape index (κ3) is 7.04. The van der Waals surface area contributed by atoms with Crippen LogP contribution in [0.4, 0.5) is 0 Å². The fourth-order valence-corrected chi connectivity index (χ4v) is 3.26. The van der Waals surface area contributed by atoms with Crippen LogP contribution in [0, 0.1) is 0 Å². The molecule has 2 N–H and O–H groups in total. The van der Waals surface area contributed by atoms with Crippen molar-refractivity contribution >= 4 is 23.6 Å². The van der Waals surface area contributed by atoms with Gasteiger partial charge in [0.25, 0.3) is 0 Å². The van der Waals surface area contributed by atoms with Gasteiger partial charge in [0.1, 0.15) is 6.54 Å². The zero-order valence-electron chi connectivity index (χ0n) is 13.4. The largest absolute Gasteiger partial charge is 0.383 e. The highest BCUT2D eigenvalue weighted by atomic mass is 32.2. The zero-order valence-corrected chi connectivity index (χ0v) is 14.2. The van der Waals surface area contributed by atoms with E-state index in [1.54, 1.807) is 7.11 Å². The molecule has 0 aromatic rings. The number of amides is 1. The second-order valence-corrected chi connectivity index (χ2v) is 6.27. The molecule has 1 heterocycles. The molecule has 0 spiro atoms. The smallest absolute Gasteiger partial charge is 0.241 e. The van der Waals surface area contributed by atoms with E-state index in [-0.39, 0.29) is 12.5 Å². The van der Waals surface area contributed by atoms with Crippen LogP contribution in [0.1, 0.15) is 20.3 Å². The lowest BCUT2D eigenvalue weighted by Gasteiger charge is -2.34. The van der Waals surface area contributed by atoms with Crippen LogP contribution in [0.15, 0.2) is 4.99 Å². The van der Waals surface area contributed by atoms with E-state index in [2.05, 4.69) is 27.4 Å². The van der Waals surface area contributed by atoms with E-state index >= 15 is 0 Å². The Morgan fingerprint density at radius 2 is 2.24 bits per heavy atom. The topological polar surface area (TPSA) is 66.0 Å². The van der Waals surface area contributed by atoms with Crippen LogP contribution >= 0.6 is 11.8 Å². The first kappa shape index (κ1) is 18.1. The molecule has 1 rings (SSSR count). The molecule has 6 nitrogen and oxygen atoms in total. The van der Waals surface area contributed by atoms with Crippen molar-refractivity contribution in [3.05, 3.63) is 0 Å². The summed E-state index contributed by atoms with van der Waals surface area (Å²) < 4.78 is 4.90. The summed E-state index contributed by atoms with van der Waals surface area (Å²) in [5.41, 5.74) is 0. The van der Waals surface area contributed by atoms with E-state index in [1.807, 2.05) is 18.7 Å². The van der Waals surface area contributed by atoms with Gasteiger partial charge in [0.15, 0.2) is 5.96 Å². The molecule has 1 atom stereocenters. The summed E-state index contributed by atoms with van der Waals surface area (Å²) in [4.78, 5) is 18.4. The lowest BCUT2D eigenvalue weighted by Crippen LogP contribution is -2.48. The predicted octanol–water partition coefficient (Wildman–Crippen LogP) is 0.542. The van der Waals surface area contributed by atoms with Crippen LogP contribution in [0.3, 0.4) is 0 Å². The molecule has 1 fully saturated rings. The number of rotatable bonds is 7. The highest BCUT2D eigenvalue weighted by molar-refractivity contribution is 8.00. The van der Waals surface area contributed by atoms with E-state index in [9.17, 15) is 4.79 Å². The van der Waals surface area contributed by atoms with Gasteiger partial charge in [0.2, 0.25) is 5.91 Å². The second-order valence-electron chi connectivity index (χ2n) is 4.86. The van der Waals surface area contributed by atoms with Crippen LogP contribution in [-0.4, -0.2) is 74.2 Å². The fourth-order valence-electron chi connectivity index (χ4n) is 2.08. The SMILES string of the molecule is CCNC(=NCC(=O)NCCOC)N1CCSC(CC)C1. The molecule has 1 aliphatic heterocycles. The Kier molecular flexibility index (Phi) is 9.25. The van der Waals surface area contributed by atoms with Gasteiger partial charge in [-0.1, -0.05) is 6.92 Å². The fraction of sp³-hybridized carbons (Fsp3) is 0.857. The van der Waals surface area contributed by atoms with Gasteiger partial charge in [-0.2, -0.15) is 11.8 Å². The lowest BCUT2D eigenvalue weighted by atomic mass is 10.3. The second kappa shape index (κ2) is 10.7. The quantitative estimate of drug-likeness (QED) is 0.408. The first-order chi connectivity index (χ1) is 10.2. The first-order valence-electron chi connectivity index (χ1n) is 7.61. The minimum absolute atomic E-state index is 0.0686. The van der Waals surface area contributed by atoms with Gasteiger partial charge in [-0.05, 0) is 13.3 Å². The maximum atomic E-state index is 11.7. The lowest BCUT2D eigenvalue weighted by molar-refractivity contribution is -0.119. The molecular formula is C14H28N4O2S. The Morgan fingerprint density at radius 3 is 2.90 bits per heavy atom. The Bertz CT molecular complexity index is 339. The monoisotopic (exact) mass is 316 g/mol. The summed E-state index contributed by atoms with van der Waals surface area (Å²) in [6, 6.07) is 0. The summed E-state index contributed by atoms with van der Waals surface area (Å²) in [7, 11) is 1.62. The normalized spacial score (nSPS) is 19.5. The minimum atomic E-state index is -0.0686. The molecule has 0 saturated carbocycles. The average molecular weight is 316 g/mol. The van der Waals surface area contributed by atoms with E-state index in [0.29, 0.717) is 18.4 Å². The Hall–Kier alpha value is -0.950. The highest BCUT2D eigenvalue weighted by Crippen LogP contribution is 2.20. The zero-order chi connectivity index (χ0) is 15.5.